The van der Waals surface area contributed by atoms with E-state index < -0.39 is 0 Å². The maximum atomic E-state index is 12.1. The molecule has 0 saturated heterocycles. The standard InChI is InChI=1S/C15H14N4OS3/c1-21-11-6-3-2-5-10(11)16-13(20)9-23-15-17-14(18-19-15)12-7-4-8-22-12/h2-8H,9H2,1H3,(H,16,20)(H,17,18,19). The highest BCUT2D eigenvalue weighted by Gasteiger charge is 2.10. The average molecular weight is 363 g/mol. The number of aromatic amines is 1. The Balaban J connectivity index is 1.57. The van der Waals surface area contributed by atoms with Crippen molar-refractivity contribution < 1.29 is 4.79 Å². The summed E-state index contributed by atoms with van der Waals surface area (Å²) in [4.78, 5) is 18.5. The molecule has 0 aliphatic carbocycles. The number of benzene rings is 1. The molecule has 0 bridgehead atoms. The predicted octanol–water partition coefficient (Wildman–Crippen LogP) is 3.99. The molecule has 0 radical (unpaired) electrons. The number of carbonyl (C=O) groups excluding carboxylic acids is 1. The summed E-state index contributed by atoms with van der Waals surface area (Å²) in [6, 6.07) is 11.7. The van der Waals surface area contributed by atoms with Gasteiger partial charge in [0, 0.05) is 4.90 Å². The number of H-pyrrole nitrogens is 1. The topological polar surface area (TPSA) is 70.7 Å². The Bertz CT molecular complexity index is 786. The first-order chi connectivity index (χ1) is 11.3. The summed E-state index contributed by atoms with van der Waals surface area (Å²) in [5.41, 5.74) is 0.833. The van der Waals surface area contributed by atoms with Crippen LogP contribution in [-0.4, -0.2) is 33.1 Å². The lowest BCUT2D eigenvalue weighted by molar-refractivity contribution is -0.113. The second-order valence-electron chi connectivity index (χ2n) is 4.48. The van der Waals surface area contributed by atoms with E-state index in [2.05, 4.69) is 20.5 Å². The molecule has 2 heterocycles. The summed E-state index contributed by atoms with van der Waals surface area (Å²) < 4.78 is 0. The van der Waals surface area contributed by atoms with Crippen LogP contribution in [0.1, 0.15) is 0 Å². The SMILES string of the molecule is CSc1ccccc1NC(=O)CSc1n[nH]c(-c2cccs2)n1. The molecule has 0 aliphatic rings. The summed E-state index contributed by atoms with van der Waals surface area (Å²) in [5, 5.41) is 12.5. The Labute approximate surface area is 146 Å². The number of rotatable bonds is 6. The second-order valence-corrected chi connectivity index (χ2v) is 7.22. The highest BCUT2D eigenvalue weighted by Crippen LogP contribution is 2.26. The largest absolute Gasteiger partial charge is 0.324 e. The third-order valence-corrected chi connectivity index (χ3v) is 5.45. The zero-order valence-electron chi connectivity index (χ0n) is 12.3. The number of carbonyl (C=O) groups is 1. The molecule has 118 valence electrons. The molecule has 8 heteroatoms. The Morgan fingerprint density at radius 2 is 2.17 bits per heavy atom. The van der Waals surface area contributed by atoms with Crippen LogP contribution < -0.4 is 5.32 Å². The number of anilines is 1. The van der Waals surface area contributed by atoms with E-state index in [0.717, 1.165) is 21.3 Å². The number of hydrogen-bond donors (Lipinski definition) is 2. The smallest absolute Gasteiger partial charge is 0.234 e. The van der Waals surface area contributed by atoms with Crippen LogP contribution in [0.25, 0.3) is 10.7 Å². The van der Waals surface area contributed by atoms with E-state index in [1.54, 1.807) is 23.1 Å². The molecular formula is C15H14N4OS3. The van der Waals surface area contributed by atoms with Crippen molar-refractivity contribution in [3.05, 3.63) is 41.8 Å². The van der Waals surface area contributed by atoms with Gasteiger partial charge in [0.25, 0.3) is 0 Å². The fourth-order valence-electron chi connectivity index (χ4n) is 1.90. The van der Waals surface area contributed by atoms with Gasteiger partial charge in [0.15, 0.2) is 5.82 Å². The Hall–Kier alpha value is -1.77. The van der Waals surface area contributed by atoms with Crippen molar-refractivity contribution in [2.45, 2.75) is 10.1 Å². The van der Waals surface area contributed by atoms with Crippen LogP contribution in [0.2, 0.25) is 0 Å². The van der Waals surface area contributed by atoms with Gasteiger partial charge in [-0.15, -0.1) is 28.2 Å². The third-order valence-electron chi connectivity index (χ3n) is 2.93. The molecule has 0 atom stereocenters. The van der Waals surface area contributed by atoms with Gasteiger partial charge in [0.05, 0.1) is 16.3 Å². The molecule has 5 nitrogen and oxygen atoms in total. The first-order valence-electron chi connectivity index (χ1n) is 6.78. The number of thioether (sulfide) groups is 2. The number of nitrogens with zero attached hydrogens (tertiary/aromatic N) is 2. The Kier molecular flexibility index (Phi) is 5.37. The van der Waals surface area contributed by atoms with Crippen LogP contribution in [0.5, 0.6) is 0 Å². The minimum Gasteiger partial charge on any atom is -0.324 e. The van der Waals surface area contributed by atoms with Crippen molar-refractivity contribution in [3.8, 4) is 10.7 Å². The molecule has 2 aromatic heterocycles. The summed E-state index contributed by atoms with van der Waals surface area (Å²) in [7, 11) is 0. The van der Waals surface area contributed by atoms with Gasteiger partial charge >= 0.3 is 0 Å². The van der Waals surface area contributed by atoms with Crippen molar-refractivity contribution in [2.75, 3.05) is 17.3 Å². The lowest BCUT2D eigenvalue weighted by Crippen LogP contribution is -2.14. The number of thiophene rings is 1. The van der Waals surface area contributed by atoms with Crippen molar-refractivity contribution in [3.63, 3.8) is 0 Å². The van der Waals surface area contributed by atoms with Crippen molar-refractivity contribution >= 4 is 46.5 Å². The molecule has 1 amide bonds. The zero-order chi connectivity index (χ0) is 16.1. The van der Waals surface area contributed by atoms with E-state index in [1.807, 2.05) is 48.0 Å². The van der Waals surface area contributed by atoms with E-state index in [0.29, 0.717) is 5.16 Å². The van der Waals surface area contributed by atoms with Crippen LogP contribution in [0, 0.1) is 0 Å². The van der Waals surface area contributed by atoms with Gasteiger partial charge in [-0.1, -0.05) is 30.0 Å². The van der Waals surface area contributed by atoms with E-state index >= 15 is 0 Å². The number of aromatic nitrogens is 3. The van der Waals surface area contributed by atoms with Gasteiger partial charge in [-0.25, -0.2) is 4.98 Å². The predicted molar refractivity (Wildman–Crippen MR) is 97.3 cm³/mol. The van der Waals surface area contributed by atoms with Crippen LogP contribution in [-0.2, 0) is 4.79 Å². The number of para-hydroxylation sites is 1. The van der Waals surface area contributed by atoms with E-state index in [4.69, 9.17) is 0 Å². The Morgan fingerprint density at radius 1 is 1.30 bits per heavy atom. The minimum absolute atomic E-state index is 0.0704. The van der Waals surface area contributed by atoms with Crippen LogP contribution >= 0.6 is 34.9 Å². The van der Waals surface area contributed by atoms with Gasteiger partial charge in [-0.05, 0) is 29.8 Å². The summed E-state index contributed by atoms with van der Waals surface area (Å²) in [6.07, 6.45) is 1.99. The van der Waals surface area contributed by atoms with Crippen molar-refractivity contribution in [2.24, 2.45) is 0 Å². The van der Waals surface area contributed by atoms with Crippen molar-refractivity contribution in [1.29, 1.82) is 0 Å². The van der Waals surface area contributed by atoms with Gasteiger partial charge in [-0.3, -0.25) is 9.89 Å². The monoisotopic (exact) mass is 362 g/mol. The summed E-state index contributed by atoms with van der Waals surface area (Å²) in [6.45, 7) is 0. The fraction of sp³-hybridized carbons (Fsp3) is 0.133. The normalized spacial score (nSPS) is 10.7. The van der Waals surface area contributed by atoms with Crippen LogP contribution in [0.4, 0.5) is 5.69 Å². The quantitative estimate of drug-likeness (QED) is 0.649. The average Bonchev–Trinajstić information content (AvgIpc) is 3.24. The van der Waals surface area contributed by atoms with Gasteiger partial charge in [0.2, 0.25) is 11.1 Å². The maximum absolute atomic E-state index is 12.1. The highest BCUT2D eigenvalue weighted by atomic mass is 32.2. The number of amides is 1. The number of nitrogens with one attached hydrogen (secondary N) is 2. The van der Waals surface area contributed by atoms with Gasteiger partial charge in [0.1, 0.15) is 0 Å². The molecule has 0 unspecified atom stereocenters. The molecule has 23 heavy (non-hydrogen) atoms. The first kappa shape index (κ1) is 16.1. The van der Waals surface area contributed by atoms with E-state index in [9.17, 15) is 4.79 Å². The van der Waals surface area contributed by atoms with Gasteiger partial charge in [-0.2, -0.15) is 0 Å². The molecule has 3 rings (SSSR count). The molecule has 3 aromatic rings. The zero-order valence-corrected chi connectivity index (χ0v) is 14.7. The highest BCUT2D eigenvalue weighted by molar-refractivity contribution is 7.99. The molecule has 0 saturated carbocycles. The van der Waals surface area contributed by atoms with Gasteiger partial charge < -0.3 is 5.32 Å². The first-order valence-corrected chi connectivity index (χ1v) is 9.87. The van der Waals surface area contributed by atoms with Crippen LogP contribution in [0.3, 0.4) is 0 Å². The van der Waals surface area contributed by atoms with E-state index in [1.165, 1.54) is 11.8 Å². The number of hydrogen-bond acceptors (Lipinski definition) is 6. The maximum Gasteiger partial charge on any atom is 0.234 e. The molecule has 0 spiro atoms. The molecule has 1 aromatic carbocycles. The molecule has 2 N–H and O–H groups in total. The lowest BCUT2D eigenvalue weighted by Gasteiger charge is -2.08. The summed E-state index contributed by atoms with van der Waals surface area (Å²) in [5.74, 6) is 0.930. The molecule has 0 aliphatic heterocycles. The lowest BCUT2D eigenvalue weighted by atomic mass is 10.3. The molecular weight excluding hydrogens is 348 g/mol. The fourth-order valence-corrected chi connectivity index (χ4v) is 3.71. The van der Waals surface area contributed by atoms with Crippen molar-refractivity contribution in [1.82, 2.24) is 15.2 Å². The van der Waals surface area contributed by atoms with E-state index in [-0.39, 0.29) is 11.7 Å². The van der Waals surface area contributed by atoms with Crippen LogP contribution in [0.15, 0.2) is 51.8 Å². The second kappa shape index (κ2) is 7.67. The summed E-state index contributed by atoms with van der Waals surface area (Å²) >= 11 is 4.51. The molecule has 0 fully saturated rings. The third kappa shape index (κ3) is 4.15. The Morgan fingerprint density at radius 3 is 2.96 bits per heavy atom. The minimum atomic E-state index is -0.0704.